The number of rotatable bonds is 8. The summed E-state index contributed by atoms with van der Waals surface area (Å²) in [4.78, 5) is 24.9. The van der Waals surface area contributed by atoms with Crippen molar-refractivity contribution < 1.29 is 23.8 Å². The molecule has 0 bridgehead atoms. The van der Waals surface area contributed by atoms with Gasteiger partial charge in [-0.15, -0.1) is 0 Å². The van der Waals surface area contributed by atoms with Gasteiger partial charge in [0.15, 0.2) is 17.6 Å². The number of carbonyl (C=O) groups is 2. The molecule has 4 rings (SSSR count). The van der Waals surface area contributed by atoms with Crippen LogP contribution in [0.3, 0.4) is 0 Å². The van der Waals surface area contributed by atoms with Crippen molar-refractivity contribution in [2.45, 2.75) is 13.0 Å². The standard InChI is InChI=1S/C28H23ClN2O5/c1-18(35-24-9-5-7-20-6-3-4-8-23(20)24)27(32)31-30-17-19-10-15-25(26(16-19)34-2)36-28(33)21-11-13-22(29)14-12-21/h3-18H,1-2H3,(H,31,32)/b30-17+. The second kappa shape index (κ2) is 11.4. The van der Waals surface area contributed by atoms with Crippen LogP contribution >= 0.6 is 11.6 Å². The number of methoxy groups -OCH3 is 1. The molecule has 1 amide bonds. The molecule has 1 N–H and O–H groups in total. The summed E-state index contributed by atoms with van der Waals surface area (Å²) in [5.74, 6) is 0.252. The molecule has 1 atom stereocenters. The van der Waals surface area contributed by atoms with Crippen LogP contribution < -0.4 is 19.6 Å². The van der Waals surface area contributed by atoms with Gasteiger partial charge in [0.25, 0.3) is 5.91 Å². The highest BCUT2D eigenvalue weighted by Gasteiger charge is 2.16. The summed E-state index contributed by atoms with van der Waals surface area (Å²) in [6.45, 7) is 1.65. The number of hydrazone groups is 1. The van der Waals surface area contributed by atoms with E-state index < -0.39 is 18.0 Å². The van der Waals surface area contributed by atoms with E-state index in [9.17, 15) is 9.59 Å². The number of fused-ring (bicyclic) bond motifs is 1. The summed E-state index contributed by atoms with van der Waals surface area (Å²) in [5, 5.41) is 6.48. The van der Waals surface area contributed by atoms with Crippen molar-refractivity contribution in [3.05, 3.63) is 101 Å². The first-order valence-electron chi connectivity index (χ1n) is 11.1. The fourth-order valence-electron chi connectivity index (χ4n) is 3.40. The zero-order chi connectivity index (χ0) is 25.5. The first kappa shape index (κ1) is 24.8. The van der Waals surface area contributed by atoms with Gasteiger partial charge in [-0.05, 0) is 66.4 Å². The number of benzene rings is 4. The van der Waals surface area contributed by atoms with E-state index in [2.05, 4.69) is 10.5 Å². The van der Waals surface area contributed by atoms with Crippen molar-refractivity contribution in [3.8, 4) is 17.2 Å². The van der Waals surface area contributed by atoms with Gasteiger partial charge < -0.3 is 14.2 Å². The van der Waals surface area contributed by atoms with Gasteiger partial charge in [0.2, 0.25) is 0 Å². The fourth-order valence-corrected chi connectivity index (χ4v) is 3.52. The smallest absolute Gasteiger partial charge is 0.343 e. The summed E-state index contributed by atoms with van der Waals surface area (Å²) >= 11 is 5.86. The van der Waals surface area contributed by atoms with Crippen LogP contribution in [-0.4, -0.2) is 31.3 Å². The molecule has 0 spiro atoms. The van der Waals surface area contributed by atoms with E-state index in [0.29, 0.717) is 27.6 Å². The Bertz CT molecular complexity index is 1410. The molecule has 0 saturated heterocycles. The van der Waals surface area contributed by atoms with Crippen LogP contribution in [-0.2, 0) is 4.79 Å². The number of nitrogens with one attached hydrogen (secondary N) is 1. The van der Waals surface area contributed by atoms with Crippen molar-refractivity contribution in [2.75, 3.05) is 7.11 Å². The zero-order valence-corrected chi connectivity index (χ0v) is 20.4. The summed E-state index contributed by atoms with van der Waals surface area (Å²) in [6.07, 6.45) is 0.688. The van der Waals surface area contributed by atoms with Gasteiger partial charge in [-0.2, -0.15) is 5.10 Å². The normalized spacial score (nSPS) is 11.8. The number of ether oxygens (including phenoxy) is 3. The van der Waals surface area contributed by atoms with E-state index in [0.717, 1.165) is 10.8 Å². The Balaban J connectivity index is 1.37. The quantitative estimate of drug-likeness (QED) is 0.146. The third kappa shape index (κ3) is 6.00. The summed E-state index contributed by atoms with van der Waals surface area (Å²) in [5.41, 5.74) is 3.46. The lowest BCUT2D eigenvalue weighted by molar-refractivity contribution is -0.127. The van der Waals surface area contributed by atoms with E-state index in [1.165, 1.54) is 13.3 Å². The minimum Gasteiger partial charge on any atom is -0.493 e. The molecule has 7 nitrogen and oxygen atoms in total. The number of esters is 1. The second-order valence-corrected chi connectivity index (χ2v) is 8.21. The monoisotopic (exact) mass is 502 g/mol. The van der Waals surface area contributed by atoms with Crippen LogP contribution in [0.4, 0.5) is 0 Å². The van der Waals surface area contributed by atoms with Gasteiger partial charge in [0.1, 0.15) is 5.75 Å². The van der Waals surface area contributed by atoms with Crippen molar-refractivity contribution >= 4 is 40.5 Å². The molecule has 0 aromatic heterocycles. The van der Waals surface area contributed by atoms with Gasteiger partial charge in [-0.25, -0.2) is 10.2 Å². The van der Waals surface area contributed by atoms with Crippen LogP contribution in [0.5, 0.6) is 17.2 Å². The number of halogens is 1. The molecule has 0 aliphatic rings. The molecule has 0 saturated carbocycles. The number of hydrogen-bond acceptors (Lipinski definition) is 6. The van der Waals surface area contributed by atoms with Crippen molar-refractivity contribution in [2.24, 2.45) is 5.10 Å². The molecule has 0 aliphatic carbocycles. The van der Waals surface area contributed by atoms with Crippen molar-refractivity contribution in [1.82, 2.24) is 5.43 Å². The molecule has 36 heavy (non-hydrogen) atoms. The van der Waals surface area contributed by atoms with Gasteiger partial charge in [-0.3, -0.25) is 4.79 Å². The summed E-state index contributed by atoms with van der Waals surface area (Å²) < 4.78 is 16.6. The van der Waals surface area contributed by atoms with Gasteiger partial charge in [0, 0.05) is 10.4 Å². The molecule has 0 aliphatic heterocycles. The van der Waals surface area contributed by atoms with E-state index >= 15 is 0 Å². The van der Waals surface area contributed by atoms with Crippen molar-refractivity contribution in [3.63, 3.8) is 0 Å². The summed E-state index contributed by atoms with van der Waals surface area (Å²) in [6, 6.07) is 24.7. The molecular weight excluding hydrogens is 480 g/mol. The topological polar surface area (TPSA) is 86.2 Å². The summed E-state index contributed by atoms with van der Waals surface area (Å²) in [7, 11) is 1.46. The molecule has 0 radical (unpaired) electrons. The minimum atomic E-state index is -0.767. The van der Waals surface area contributed by atoms with Crippen LogP contribution in [0, 0.1) is 0 Å². The third-order valence-electron chi connectivity index (χ3n) is 5.28. The molecule has 0 fully saturated rings. The lowest BCUT2D eigenvalue weighted by Gasteiger charge is -2.14. The lowest BCUT2D eigenvalue weighted by Crippen LogP contribution is -2.33. The molecule has 8 heteroatoms. The second-order valence-electron chi connectivity index (χ2n) is 7.78. The Morgan fingerprint density at radius 1 is 0.917 bits per heavy atom. The molecule has 1 unspecified atom stereocenters. The van der Waals surface area contributed by atoms with Crippen molar-refractivity contribution in [1.29, 1.82) is 0 Å². The molecular formula is C28H23ClN2O5. The Morgan fingerprint density at radius 2 is 1.67 bits per heavy atom. The van der Waals surface area contributed by atoms with E-state index in [-0.39, 0.29) is 5.75 Å². The van der Waals surface area contributed by atoms with Crippen LogP contribution in [0.1, 0.15) is 22.8 Å². The first-order valence-corrected chi connectivity index (χ1v) is 11.5. The number of carbonyl (C=O) groups excluding carboxylic acids is 2. The molecule has 4 aromatic rings. The Morgan fingerprint density at radius 3 is 2.44 bits per heavy atom. The predicted molar refractivity (Wildman–Crippen MR) is 139 cm³/mol. The molecule has 182 valence electrons. The third-order valence-corrected chi connectivity index (χ3v) is 5.53. The highest BCUT2D eigenvalue weighted by molar-refractivity contribution is 6.30. The SMILES string of the molecule is COc1cc(/C=N/NC(=O)C(C)Oc2cccc3ccccc23)ccc1OC(=O)c1ccc(Cl)cc1. The Hall–Kier alpha value is -4.36. The first-order chi connectivity index (χ1) is 17.4. The number of nitrogens with zero attached hydrogens (tertiary/aromatic N) is 1. The largest absolute Gasteiger partial charge is 0.493 e. The zero-order valence-electron chi connectivity index (χ0n) is 19.6. The Kier molecular flexibility index (Phi) is 7.82. The molecule has 4 aromatic carbocycles. The van der Waals surface area contributed by atoms with Crippen LogP contribution in [0.25, 0.3) is 10.8 Å². The van der Waals surface area contributed by atoms with E-state index in [4.69, 9.17) is 25.8 Å². The Labute approximate surface area is 213 Å². The maximum atomic E-state index is 12.5. The number of amides is 1. The maximum absolute atomic E-state index is 12.5. The van der Waals surface area contributed by atoms with Crippen LogP contribution in [0.2, 0.25) is 5.02 Å². The highest BCUT2D eigenvalue weighted by atomic mass is 35.5. The van der Waals surface area contributed by atoms with Gasteiger partial charge in [0.05, 0.1) is 18.9 Å². The van der Waals surface area contributed by atoms with E-state index in [1.54, 1.807) is 49.4 Å². The lowest BCUT2D eigenvalue weighted by atomic mass is 10.1. The maximum Gasteiger partial charge on any atom is 0.343 e. The minimum absolute atomic E-state index is 0.246. The number of hydrogen-bond donors (Lipinski definition) is 1. The van der Waals surface area contributed by atoms with E-state index in [1.807, 2.05) is 42.5 Å². The predicted octanol–water partition coefficient (Wildman–Crippen LogP) is 5.64. The van der Waals surface area contributed by atoms with Crippen LogP contribution in [0.15, 0.2) is 90.0 Å². The fraction of sp³-hybridized carbons (Fsp3) is 0.107. The highest BCUT2D eigenvalue weighted by Crippen LogP contribution is 2.29. The average Bonchev–Trinajstić information content (AvgIpc) is 2.89. The molecule has 0 heterocycles. The average molecular weight is 503 g/mol. The van der Waals surface area contributed by atoms with Gasteiger partial charge >= 0.3 is 5.97 Å². The van der Waals surface area contributed by atoms with Gasteiger partial charge in [-0.1, -0.05) is 48.0 Å².